The minimum atomic E-state index is 0.275. The van der Waals surface area contributed by atoms with Crippen molar-refractivity contribution < 1.29 is 0 Å². The van der Waals surface area contributed by atoms with Gasteiger partial charge in [-0.25, -0.2) is 9.97 Å². The molecule has 1 aromatic carbocycles. The standard InChI is InChI=1S/C13H14ClN3/c1-9-5-3-4-6-11(9)8-15-12-7-10(2)16-13(14)17-12/h3-7H,8H2,1-2H3,(H,15,16,17). The van der Waals surface area contributed by atoms with Crippen LogP contribution >= 0.6 is 11.6 Å². The Balaban J connectivity index is 2.10. The van der Waals surface area contributed by atoms with E-state index in [0.29, 0.717) is 0 Å². The van der Waals surface area contributed by atoms with Gasteiger partial charge in [-0.15, -0.1) is 0 Å². The van der Waals surface area contributed by atoms with Gasteiger partial charge in [-0.2, -0.15) is 0 Å². The van der Waals surface area contributed by atoms with Crippen LogP contribution in [0.25, 0.3) is 0 Å². The van der Waals surface area contributed by atoms with Gasteiger partial charge in [0.2, 0.25) is 5.28 Å². The summed E-state index contributed by atoms with van der Waals surface area (Å²) >= 11 is 5.80. The molecule has 0 aliphatic carbocycles. The summed E-state index contributed by atoms with van der Waals surface area (Å²) in [5.74, 6) is 0.755. The van der Waals surface area contributed by atoms with E-state index in [1.54, 1.807) is 0 Å². The molecule has 0 atom stereocenters. The van der Waals surface area contributed by atoms with Crippen LogP contribution in [0.3, 0.4) is 0 Å². The summed E-state index contributed by atoms with van der Waals surface area (Å²) in [5.41, 5.74) is 3.37. The van der Waals surface area contributed by atoms with Crippen molar-refractivity contribution in [1.29, 1.82) is 0 Å². The van der Waals surface area contributed by atoms with Crippen LogP contribution < -0.4 is 5.32 Å². The third kappa shape index (κ3) is 3.17. The van der Waals surface area contributed by atoms with Crippen molar-refractivity contribution in [1.82, 2.24) is 9.97 Å². The number of hydrogen-bond donors (Lipinski definition) is 1. The van der Waals surface area contributed by atoms with E-state index >= 15 is 0 Å². The summed E-state index contributed by atoms with van der Waals surface area (Å²) in [6, 6.07) is 10.1. The second-order valence-corrected chi connectivity index (χ2v) is 4.28. The predicted molar refractivity (Wildman–Crippen MR) is 70.3 cm³/mol. The van der Waals surface area contributed by atoms with Crippen molar-refractivity contribution in [3.8, 4) is 0 Å². The van der Waals surface area contributed by atoms with Crippen LogP contribution in [-0.2, 0) is 6.54 Å². The van der Waals surface area contributed by atoms with Gasteiger partial charge in [0.25, 0.3) is 0 Å². The van der Waals surface area contributed by atoms with Crippen LogP contribution in [0.4, 0.5) is 5.82 Å². The van der Waals surface area contributed by atoms with Gasteiger partial charge in [-0.1, -0.05) is 24.3 Å². The molecule has 17 heavy (non-hydrogen) atoms. The highest BCUT2D eigenvalue weighted by molar-refractivity contribution is 6.28. The van der Waals surface area contributed by atoms with Gasteiger partial charge >= 0.3 is 0 Å². The zero-order valence-electron chi connectivity index (χ0n) is 9.87. The van der Waals surface area contributed by atoms with Gasteiger partial charge in [0.1, 0.15) is 5.82 Å². The van der Waals surface area contributed by atoms with E-state index in [2.05, 4.69) is 34.3 Å². The lowest BCUT2D eigenvalue weighted by Crippen LogP contribution is -2.04. The van der Waals surface area contributed by atoms with Crippen LogP contribution in [-0.4, -0.2) is 9.97 Å². The van der Waals surface area contributed by atoms with Crippen LogP contribution in [0.5, 0.6) is 0 Å². The first-order chi connectivity index (χ1) is 8.15. The second-order valence-electron chi connectivity index (χ2n) is 3.94. The molecule has 4 heteroatoms. The molecular weight excluding hydrogens is 234 g/mol. The molecule has 1 N–H and O–H groups in total. The van der Waals surface area contributed by atoms with E-state index in [9.17, 15) is 0 Å². The summed E-state index contributed by atoms with van der Waals surface area (Å²) in [7, 11) is 0. The third-order valence-corrected chi connectivity index (χ3v) is 2.72. The number of nitrogens with zero attached hydrogens (tertiary/aromatic N) is 2. The molecule has 3 nitrogen and oxygen atoms in total. The lowest BCUT2D eigenvalue weighted by Gasteiger charge is -2.08. The molecule has 1 heterocycles. The predicted octanol–water partition coefficient (Wildman–Crippen LogP) is 3.36. The highest BCUT2D eigenvalue weighted by Gasteiger charge is 2.01. The molecule has 0 bridgehead atoms. The highest BCUT2D eigenvalue weighted by atomic mass is 35.5. The van der Waals surface area contributed by atoms with Crippen molar-refractivity contribution in [2.75, 3.05) is 5.32 Å². The van der Waals surface area contributed by atoms with Gasteiger partial charge < -0.3 is 5.32 Å². The van der Waals surface area contributed by atoms with E-state index in [0.717, 1.165) is 18.1 Å². The van der Waals surface area contributed by atoms with Gasteiger partial charge in [-0.3, -0.25) is 0 Å². The minimum Gasteiger partial charge on any atom is -0.366 e. The zero-order chi connectivity index (χ0) is 12.3. The summed E-state index contributed by atoms with van der Waals surface area (Å²) in [6.07, 6.45) is 0. The van der Waals surface area contributed by atoms with Crippen LogP contribution in [0.15, 0.2) is 30.3 Å². The number of rotatable bonds is 3. The van der Waals surface area contributed by atoms with E-state index in [-0.39, 0.29) is 5.28 Å². The Hall–Kier alpha value is -1.61. The number of benzene rings is 1. The van der Waals surface area contributed by atoms with Crippen LogP contribution in [0, 0.1) is 13.8 Å². The molecular formula is C13H14ClN3. The monoisotopic (exact) mass is 247 g/mol. The summed E-state index contributed by atoms with van der Waals surface area (Å²) < 4.78 is 0. The fraction of sp³-hybridized carbons (Fsp3) is 0.231. The molecule has 0 aliphatic heterocycles. The lowest BCUT2D eigenvalue weighted by molar-refractivity contribution is 1.05. The van der Waals surface area contributed by atoms with Gasteiger partial charge in [0, 0.05) is 18.3 Å². The smallest absolute Gasteiger partial charge is 0.224 e. The van der Waals surface area contributed by atoms with E-state index in [1.165, 1.54) is 11.1 Å². The van der Waals surface area contributed by atoms with Gasteiger partial charge in [-0.05, 0) is 36.6 Å². The molecule has 1 aromatic heterocycles. The molecule has 0 radical (unpaired) electrons. The third-order valence-electron chi connectivity index (χ3n) is 2.55. The maximum absolute atomic E-state index is 5.80. The van der Waals surface area contributed by atoms with Crippen molar-refractivity contribution in [2.45, 2.75) is 20.4 Å². The highest BCUT2D eigenvalue weighted by Crippen LogP contribution is 2.13. The average Bonchev–Trinajstić information content (AvgIpc) is 2.27. The van der Waals surface area contributed by atoms with Crippen LogP contribution in [0.1, 0.15) is 16.8 Å². The number of anilines is 1. The van der Waals surface area contributed by atoms with Gasteiger partial charge in [0.05, 0.1) is 0 Å². The summed E-state index contributed by atoms with van der Waals surface area (Å²) in [6.45, 7) is 4.72. The maximum atomic E-state index is 5.80. The molecule has 0 unspecified atom stereocenters. The fourth-order valence-electron chi connectivity index (χ4n) is 1.62. The quantitative estimate of drug-likeness (QED) is 0.846. The Morgan fingerprint density at radius 2 is 1.94 bits per heavy atom. The van der Waals surface area contributed by atoms with Crippen molar-refractivity contribution >= 4 is 17.4 Å². The molecule has 0 fully saturated rings. The first-order valence-corrected chi connectivity index (χ1v) is 5.82. The largest absolute Gasteiger partial charge is 0.366 e. The van der Waals surface area contributed by atoms with E-state index < -0.39 is 0 Å². The molecule has 0 amide bonds. The average molecular weight is 248 g/mol. The molecule has 88 valence electrons. The number of halogens is 1. The van der Waals surface area contributed by atoms with Crippen molar-refractivity contribution in [3.05, 3.63) is 52.4 Å². The molecule has 0 saturated carbocycles. The summed E-state index contributed by atoms with van der Waals surface area (Å²) in [5, 5.41) is 3.52. The number of aryl methyl sites for hydroxylation is 2. The van der Waals surface area contributed by atoms with E-state index in [4.69, 9.17) is 11.6 Å². The number of hydrogen-bond acceptors (Lipinski definition) is 3. The summed E-state index contributed by atoms with van der Waals surface area (Å²) in [4.78, 5) is 8.14. The molecule has 2 aromatic rings. The van der Waals surface area contributed by atoms with E-state index in [1.807, 2.05) is 25.1 Å². The Morgan fingerprint density at radius 3 is 2.65 bits per heavy atom. The molecule has 0 aliphatic rings. The fourth-order valence-corrected chi connectivity index (χ4v) is 1.84. The SMILES string of the molecule is Cc1cc(NCc2ccccc2C)nc(Cl)n1. The van der Waals surface area contributed by atoms with Crippen molar-refractivity contribution in [2.24, 2.45) is 0 Å². The first kappa shape index (κ1) is 11.9. The Labute approximate surface area is 106 Å². The zero-order valence-corrected chi connectivity index (χ0v) is 10.6. The number of nitrogens with one attached hydrogen (secondary N) is 1. The Morgan fingerprint density at radius 1 is 1.18 bits per heavy atom. The second kappa shape index (κ2) is 5.15. The lowest BCUT2D eigenvalue weighted by atomic mass is 10.1. The van der Waals surface area contributed by atoms with Gasteiger partial charge in [0.15, 0.2) is 0 Å². The molecule has 2 rings (SSSR count). The minimum absolute atomic E-state index is 0.275. The Bertz CT molecular complexity index is 506. The normalized spacial score (nSPS) is 10.3. The maximum Gasteiger partial charge on any atom is 0.224 e. The van der Waals surface area contributed by atoms with Crippen LogP contribution in [0.2, 0.25) is 5.28 Å². The molecule has 0 saturated heterocycles. The topological polar surface area (TPSA) is 37.8 Å². The Kier molecular flexibility index (Phi) is 3.59. The first-order valence-electron chi connectivity index (χ1n) is 5.45. The number of aromatic nitrogens is 2. The molecule has 0 spiro atoms. The van der Waals surface area contributed by atoms with Crippen molar-refractivity contribution in [3.63, 3.8) is 0 Å².